The Labute approximate surface area is 181 Å². The summed E-state index contributed by atoms with van der Waals surface area (Å²) < 4.78 is 47.3. The number of alkyl halides is 3. The first-order valence-electron chi connectivity index (χ1n) is 10.1. The highest BCUT2D eigenvalue weighted by molar-refractivity contribution is 5.67. The van der Waals surface area contributed by atoms with Gasteiger partial charge in [-0.1, -0.05) is 37.2 Å². The van der Waals surface area contributed by atoms with Gasteiger partial charge >= 0.3 is 6.36 Å². The number of benzene rings is 2. The second kappa shape index (κ2) is 8.25. The Kier molecular flexibility index (Phi) is 5.62. The maximum atomic E-state index is 12.7. The van der Waals surface area contributed by atoms with Crippen molar-refractivity contribution in [2.24, 2.45) is 11.8 Å². The van der Waals surface area contributed by atoms with Crippen LogP contribution in [0.2, 0.25) is 0 Å². The quantitative estimate of drug-likeness (QED) is 0.334. The highest BCUT2D eigenvalue weighted by Gasteiger charge is 2.36. The first-order valence-corrected chi connectivity index (χ1v) is 10.1. The minimum atomic E-state index is -4.88. The number of nitro groups is 1. The molecule has 1 heterocycles. The summed E-state index contributed by atoms with van der Waals surface area (Å²) in [6.07, 6.45) is -2.86. The van der Waals surface area contributed by atoms with Crippen LogP contribution in [0.1, 0.15) is 38.2 Å². The highest BCUT2D eigenvalue weighted by Crippen LogP contribution is 2.47. The number of para-hydroxylation sites is 1. The maximum absolute atomic E-state index is 12.7. The number of halogens is 3. The zero-order chi connectivity index (χ0) is 23.0. The molecule has 32 heavy (non-hydrogen) atoms. The maximum Gasteiger partial charge on any atom is 0.573 e. The van der Waals surface area contributed by atoms with E-state index in [9.17, 15) is 23.3 Å². The molecule has 0 amide bonds. The number of nitrogens with zero attached hydrogens (tertiary/aromatic N) is 3. The van der Waals surface area contributed by atoms with E-state index in [1.165, 1.54) is 24.3 Å². The molecular formula is C22H20F3N3O4. The van der Waals surface area contributed by atoms with Crippen LogP contribution >= 0.6 is 0 Å². The normalized spacial score (nSPS) is 21.0. The molecule has 4 rings (SSSR count). The fraction of sp³-hybridized carbons (Fsp3) is 0.364. The van der Waals surface area contributed by atoms with E-state index in [-0.39, 0.29) is 28.9 Å². The Balaban J connectivity index is 1.70. The first-order chi connectivity index (χ1) is 15.1. The Hall–Kier alpha value is -3.43. The van der Waals surface area contributed by atoms with Gasteiger partial charge in [0.1, 0.15) is 5.75 Å². The molecule has 168 valence electrons. The van der Waals surface area contributed by atoms with Gasteiger partial charge < -0.3 is 9.26 Å². The summed E-state index contributed by atoms with van der Waals surface area (Å²) in [6.45, 7) is 4.19. The highest BCUT2D eigenvalue weighted by atomic mass is 19.4. The van der Waals surface area contributed by atoms with Gasteiger partial charge in [0.15, 0.2) is 0 Å². The van der Waals surface area contributed by atoms with Crippen molar-refractivity contribution in [3.63, 3.8) is 0 Å². The molecule has 7 nitrogen and oxygen atoms in total. The minimum Gasteiger partial charge on any atom is -0.405 e. The molecular weight excluding hydrogens is 427 g/mol. The lowest BCUT2D eigenvalue weighted by Gasteiger charge is -2.20. The third-order valence-electron chi connectivity index (χ3n) is 5.92. The van der Waals surface area contributed by atoms with Crippen molar-refractivity contribution in [2.75, 3.05) is 0 Å². The van der Waals surface area contributed by atoms with Crippen LogP contribution in [0.15, 0.2) is 47.0 Å². The Morgan fingerprint density at radius 1 is 1.12 bits per heavy atom. The lowest BCUT2D eigenvalue weighted by atomic mass is 9.83. The summed E-state index contributed by atoms with van der Waals surface area (Å²) in [7, 11) is 0. The number of hydrogen-bond acceptors (Lipinski definition) is 6. The monoisotopic (exact) mass is 447 g/mol. The molecule has 0 spiro atoms. The van der Waals surface area contributed by atoms with Gasteiger partial charge in [-0.05, 0) is 48.8 Å². The zero-order valence-corrected chi connectivity index (χ0v) is 17.3. The van der Waals surface area contributed by atoms with Gasteiger partial charge in [-0.25, -0.2) is 0 Å². The molecule has 1 aliphatic rings. The van der Waals surface area contributed by atoms with Crippen LogP contribution in [-0.2, 0) is 0 Å². The van der Waals surface area contributed by atoms with Gasteiger partial charge in [-0.2, -0.15) is 4.98 Å². The lowest BCUT2D eigenvalue weighted by Crippen LogP contribution is -2.17. The summed E-state index contributed by atoms with van der Waals surface area (Å²) in [6, 6.07) is 10.2. The van der Waals surface area contributed by atoms with Gasteiger partial charge in [0.05, 0.1) is 10.5 Å². The van der Waals surface area contributed by atoms with Crippen LogP contribution in [0.25, 0.3) is 22.8 Å². The predicted molar refractivity (Wildman–Crippen MR) is 109 cm³/mol. The molecule has 1 saturated carbocycles. The molecule has 1 fully saturated rings. The van der Waals surface area contributed by atoms with E-state index in [0.29, 0.717) is 23.0 Å². The summed E-state index contributed by atoms with van der Waals surface area (Å²) in [5.74, 6) is 0.102. The second-order valence-corrected chi connectivity index (χ2v) is 8.06. The standard InChI is InChI=1S/C22H20F3N3O4/c1-12-7-8-13(2)19(12)15-10-9-14(11-17(15)28(29)30)21-26-20(27-32-21)16-5-3-4-6-18(16)31-22(23,24)25/h3-6,9-13,19H,7-8H2,1-2H3. The van der Waals surface area contributed by atoms with Gasteiger partial charge in [0, 0.05) is 17.2 Å². The third-order valence-corrected chi connectivity index (χ3v) is 5.92. The molecule has 1 aromatic heterocycles. The van der Waals surface area contributed by atoms with E-state index in [4.69, 9.17) is 4.52 Å². The van der Waals surface area contributed by atoms with E-state index in [0.717, 1.165) is 18.9 Å². The predicted octanol–water partition coefficient (Wildman–Crippen LogP) is 6.36. The van der Waals surface area contributed by atoms with Crippen molar-refractivity contribution < 1.29 is 27.4 Å². The van der Waals surface area contributed by atoms with Crippen molar-refractivity contribution >= 4 is 5.69 Å². The van der Waals surface area contributed by atoms with Gasteiger partial charge in [0.25, 0.3) is 11.6 Å². The molecule has 1 aliphatic carbocycles. The molecule has 0 radical (unpaired) electrons. The van der Waals surface area contributed by atoms with E-state index in [1.807, 2.05) is 0 Å². The van der Waals surface area contributed by atoms with Gasteiger partial charge in [0.2, 0.25) is 5.82 Å². The average molecular weight is 447 g/mol. The Morgan fingerprint density at radius 2 is 1.81 bits per heavy atom. The molecule has 10 heteroatoms. The first kappa shape index (κ1) is 21.8. The van der Waals surface area contributed by atoms with Gasteiger partial charge in [-0.15, -0.1) is 13.2 Å². The Morgan fingerprint density at radius 3 is 2.47 bits per heavy atom. The SMILES string of the molecule is CC1CCC(C)C1c1ccc(-c2nc(-c3ccccc3OC(F)(F)F)no2)cc1[N+](=O)[O-]. The zero-order valence-electron chi connectivity index (χ0n) is 17.3. The van der Waals surface area contributed by atoms with Crippen molar-refractivity contribution in [2.45, 2.75) is 39.0 Å². The van der Waals surface area contributed by atoms with E-state index in [1.54, 1.807) is 12.1 Å². The smallest absolute Gasteiger partial charge is 0.405 e. The number of aromatic nitrogens is 2. The summed E-state index contributed by atoms with van der Waals surface area (Å²) in [5, 5.41) is 15.5. The average Bonchev–Trinajstić information content (AvgIpc) is 3.34. The molecule has 2 unspecified atom stereocenters. The summed E-state index contributed by atoms with van der Waals surface area (Å²) >= 11 is 0. The molecule has 0 saturated heterocycles. The fourth-order valence-electron chi connectivity index (χ4n) is 4.49. The number of ether oxygens (including phenoxy) is 1. The molecule has 0 aliphatic heterocycles. The molecule has 0 bridgehead atoms. The summed E-state index contributed by atoms with van der Waals surface area (Å²) in [5.41, 5.74) is 0.930. The van der Waals surface area contributed by atoms with Crippen LogP contribution in [0.3, 0.4) is 0 Å². The van der Waals surface area contributed by atoms with Crippen molar-refractivity contribution in [3.8, 4) is 28.6 Å². The van der Waals surface area contributed by atoms with Crippen LogP contribution in [0.5, 0.6) is 5.75 Å². The largest absolute Gasteiger partial charge is 0.573 e. The molecule has 3 aromatic rings. The van der Waals surface area contributed by atoms with Crippen LogP contribution in [0.4, 0.5) is 18.9 Å². The minimum absolute atomic E-state index is 0.0143. The van der Waals surface area contributed by atoms with E-state index < -0.39 is 17.0 Å². The van der Waals surface area contributed by atoms with Crippen molar-refractivity contribution in [1.82, 2.24) is 10.1 Å². The number of hydrogen-bond donors (Lipinski definition) is 0. The second-order valence-electron chi connectivity index (χ2n) is 8.06. The number of nitro benzene ring substituents is 1. The molecule has 2 aromatic carbocycles. The van der Waals surface area contributed by atoms with Crippen molar-refractivity contribution in [1.29, 1.82) is 0 Å². The molecule has 0 N–H and O–H groups in total. The van der Waals surface area contributed by atoms with Gasteiger partial charge in [-0.3, -0.25) is 10.1 Å². The lowest BCUT2D eigenvalue weighted by molar-refractivity contribution is -0.385. The fourth-order valence-corrected chi connectivity index (χ4v) is 4.49. The topological polar surface area (TPSA) is 91.3 Å². The third kappa shape index (κ3) is 4.30. The van der Waals surface area contributed by atoms with Crippen LogP contribution in [-0.4, -0.2) is 21.4 Å². The van der Waals surface area contributed by atoms with Crippen LogP contribution < -0.4 is 4.74 Å². The van der Waals surface area contributed by atoms with E-state index >= 15 is 0 Å². The molecule has 2 atom stereocenters. The Bertz CT molecular complexity index is 1140. The summed E-state index contributed by atoms with van der Waals surface area (Å²) in [4.78, 5) is 15.5. The van der Waals surface area contributed by atoms with Crippen molar-refractivity contribution in [3.05, 3.63) is 58.1 Å². The number of rotatable bonds is 5. The van der Waals surface area contributed by atoms with E-state index in [2.05, 4.69) is 28.7 Å². The van der Waals surface area contributed by atoms with Crippen LogP contribution in [0, 0.1) is 22.0 Å².